The lowest BCUT2D eigenvalue weighted by atomic mass is 10.0. The SMILES string of the molecule is COc1ccc(CCN2C(=O)/C(=C/c3cn(-c4ccccc4)nc3-c3ccc(OC)c(C)c3)SC2=S)cc1. The van der Waals surface area contributed by atoms with Crippen molar-refractivity contribution in [1.82, 2.24) is 14.7 Å². The fourth-order valence-electron chi connectivity index (χ4n) is 4.32. The van der Waals surface area contributed by atoms with E-state index in [0.717, 1.165) is 45.1 Å². The van der Waals surface area contributed by atoms with E-state index in [9.17, 15) is 4.79 Å². The Morgan fingerprint density at radius 1 is 1.00 bits per heavy atom. The van der Waals surface area contributed by atoms with Crippen molar-refractivity contribution in [2.75, 3.05) is 20.8 Å². The number of nitrogens with zero attached hydrogens (tertiary/aromatic N) is 3. The molecule has 1 aromatic heterocycles. The lowest BCUT2D eigenvalue weighted by molar-refractivity contribution is -0.122. The Kier molecular flexibility index (Phi) is 7.62. The number of para-hydroxylation sites is 1. The molecule has 0 unspecified atom stereocenters. The van der Waals surface area contributed by atoms with E-state index in [0.29, 0.717) is 22.2 Å². The van der Waals surface area contributed by atoms with E-state index in [1.54, 1.807) is 19.1 Å². The summed E-state index contributed by atoms with van der Waals surface area (Å²) in [6, 6.07) is 23.8. The van der Waals surface area contributed by atoms with Crippen LogP contribution in [0.4, 0.5) is 0 Å². The Balaban J connectivity index is 1.45. The lowest BCUT2D eigenvalue weighted by Gasteiger charge is -2.14. The van der Waals surface area contributed by atoms with Crippen LogP contribution >= 0.6 is 24.0 Å². The minimum Gasteiger partial charge on any atom is -0.497 e. The molecule has 3 aromatic carbocycles. The second-order valence-electron chi connectivity index (χ2n) is 8.83. The maximum absolute atomic E-state index is 13.4. The normalized spacial score (nSPS) is 14.4. The minimum atomic E-state index is -0.0853. The number of ether oxygens (including phenoxy) is 2. The number of aryl methyl sites for hydroxylation is 1. The zero-order valence-corrected chi connectivity index (χ0v) is 23.0. The topological polar surface area (TPSA) is 56.6 Å². The van der Waals surface area contributed by atoms with Crippen molar-refractivity contribution in [3.05, 3.63) is 101 Å². The summed E-state index contributed by atoms with van der Waals surface area (Å²) in [5, 5.41) is 4.90. The van der Waals surface area contributed by atoms with Gasteiger partial charge in [0.05, 0.1) is 24.8 Å². The molecule has 0 saturated carbocycles. The average molecular weight is 542 g/mol. The van der Waals surface area contributed by atoms with Gasteiger partial charge >= 0.3 is 0 Å². The van der Waals surface area contributed by atoms with Crippen LogP contribution in [0.5, 0.6) is 11.5 Å². The second-order valence-corrected chi connectivity index (χ2v) is 10.5. The number of carbonyl (C=O) groups excluding carboxylic acids is 1. The first-order valence-electron chi connectivity index (χ1n) is 12.1. The number of methoxy groups -OCH3 is 2. The number of rotatable bonds is 8. The standard InChI is InChI=1S/C30H27N3O3S2/c1-20-17-22(11-14-26(20)36-3)28-23(19-33(31-28)24-7-5-4-6-8-24)18-27-29(34)32(30(37)38-27)16-15-21-9-12-25(35-2)13-10-21/h4-14,17-19H,15-16H2,1-3H3/b27-18-. The summed E-state index contributed by atoms with van der Waals surface area (Å²) < 4.78 is 13.1. The smallest absolute Gasteiger partial charge is 0.266 e. The second kappa shape index (κ2) is 11.2. The van der Waals surface area contributed by atoms with Crippen molar-refractivity contribution < 1.29 is 14.3 Å². The van der Waals surface area contributed by atoms with Gasteiger partial charge in [-0.3, -0.25) is 9.69 Å². The van der Waals surface area contributed by atoms with Crippen LogP contribution in [0.3, 0.4) is 0 Å². The highest BCUT2D eigenvalue weighted by Crippen LogP contribution is 2.36. The van der Waals surface area contributed by atoms with Crippen molar-refractivity contribution in [2.24, 2.45) is 0 Å². The predicted molar refractivity (Wildman–Crippen MR) is 157 cm³/mol. The molecule has 0 N–H and O–H groups in total. The molecule has 0 bridgehead atoms. The highest BCUT2D eigenvalue weighted by molar-refractivity contribution is 8.26. The number of thioether (sulfide) groups is 1. The molecule has 1 aliphatic heterocycles. The predicted octanol–water partition coefficient (Wildman–Crippen LogP) is 6.31. The molecule has 0 radical (unpaired) electrons. The number of hydrogen-bond acceptors (Lipinski definition) is 6. The summed E-state index contributed by atoms with van der Waals surface area (Å²) in [5.41, 5.74) is 5.63. The zero-order chi connectivity index (χ0) is 26.6. The fraction of sp³-hybridized carbons (Fsp3) is 0.167. The van der Waals surface area contributed by atoms with Gasteiger partial charge in [-0.05, 0) is 73.0 Å². The van der Waals surface area contributed by atoms with Crippen LogP contribution in [0.2, 0.25) is 0 Å². The quantitative estimate of drug-likeness (QED) is 0.193. The van der Waals surface area contributed by atoms with Crippen LogP contribution in [0, 0.1) is 6.92 Å². The van der Waals surface area contributed by atoms with Crippen molar-refractivity contribution in [1.29, 1.82) is 0 Å². The molecule has 0 aliphatic carbocycles. The van der Waals surface area contributed by atoms with Crippen molar-refractivity contribution in [3.8, 4) is 28.4 Å². The highest BCUT2D eigenvalue weighted by atomic mass is 32.2. The van der Waals surface area contributed by atoms with E-state index in [1.807, 2.05) is 96.7 Å². The molecule has 6 nitrogen and oxygen atoms in total. The Morgan fingerprint density at radius 3 is 2.45 bits per heavy atom. The molecule has 1 aliphatic rings. The van der Waals surface area contributed by atoms with Gasteiger partial charge in [-0.1, -0.05) is 54.3 Å². The fourth-order valence-corrected chi connectivity index (χ4v) is 5.62. The molecule has 192 valence electrons. The van der Waals surface area contributed by atoms with Gasteiger partial charge in [0.1, 0.15) is 21.5 Å². The summed E-state index contributed by atoms with van der Waals surface area (Å²) in [4.78, 5) is 15.7. The summed E-state index contributed by atoms with van der Waals surface area (Å²) in [7, 11) is 3.31. The van der Waals surface area contributed by atoms with Crippen LogP contribution < -0.4 is 9.47 Å². The molecular weight excluding hydrogens is 514 g/mol. The number of hydrogen-bond donors (Lipinski definition) is 0. The van der Waals surface area contributed by atoms with E-state index in [4.69, 9.17) is 26.8 Å². The number of thiocarbonyl (C=S) groups is 1. The molecule has 0 atom stereocenters. The first-order valence-corrected chi connectivity index (χ1v) is 13.4. The van der Waals surface area contributed by atoms with Crippen LogP contribution in [0.1, 0.15) is 16.7 Å². The lowest BCUT2D eigenvalue weighted by Crippen LogP contribution is -2.30. The van der Waals surface area contributed by atoms with Crippen molar-refractivity contribution in [3.63, 3.8) is 0 Å². The van der Waals surface area contributed by atoms with Crippen molar-refractivity contribution >= 4 is 40.3 Å². The minimum absolute atomic E-state index is 0.0853. The zero-order valence-electron chi connectivity index (χ0n) is 21.4. The molecule has 1 amide bonds. The van der Waals surface area contributed by atoms with Gasteiger partial charge < -0.3 is 9.47 Å². The van der Waals surface area contributed by atoms with E-state index in [2.05, 4.69) is 0 Å². The van der Waals surface area contributed by atoms with Crippen LogP contribution in [-0.4, -0.2) is 45.7 Å². The molecule has 38 heavy (non-hydrogen) atoms. The molecule has 2 heterocycles. The maximum Gasteiger partial charge on any atom is 0.266 e. The Labute approximate surface area is 231 Å². The highest BCUT2D eigenvalue weighted by Gasteiger charge is 2.32. The molecule has 4 aromatic rings. The van der Waals surface area contributed by atoms with Gasteiger partial charge in [-0.25, -0.2) is 4.68 Å². The van der Waals surface area contributed by atoms with Gasteiger partial charge in [-0.15, -0.1) is 0 Å². The van der Waals surface area contributed by atoms with Gasteiger partial charge in [0.25, 0.3) is 5.91 Å². The molecular formula is C30H27N3O3S2. The third kappa shape index (κ3) is 5.37. The van der Waals surface area contributed by atoms with Gasteiger partial charge in [0.2, 0.25) is 0 Å². The largest absolute Gasteiger partial charge is 0.497 e. The molecule has 1 saturated heterocycles. The molecule has 5 rings (SSSR count). The summed E-state index contributed by atoms with van der Waals surface area (Å²) in [5.74, 6) is 1.54. The Hall–Kier alpha value is -3.88. The average Bonchev–Trinajstić information content (AvgIpc) is 3.48. The molecule has 1 fully saturated rings. The first-order chi connectivity index (χ1) is 18.5. The van der Waals surface area contributed by atoms with Gasteiger partial charge in [0, 0.05) is 23.9 Å². The van der Waals surface area contributed by atoms with E-state index in [1.165, 1.54) is 11.8 Å². The Morgan fingerprint density at radius 2 is 1.76 bits per heavy atom. The van der Waals surface area contributed by atoms with Gasteiger partial charge in [-0.2, -0.15) is 5.10 Å². The molecule has 0 spiro atoms. The maximum atomic E-state index is 13.4. The Bertz CT molecular complexity index is 1510. The van der Waals surface area contributed by atoms with Crippen LogP contribution in [-0.2, 0) is 11.2 Å². The van der Waals surface area contributed by atoms with Gasteiger partial charge in [0.15, 0.2) is 0 Å². The number of carbonyl (C=O) groups is 1. The first kappa shape index (κ1) is 25.8. The van der Waals surface area contributed by atoms with Crippen molar-refractivity contribution in [2.45, 2.75) is 13.3 Å². The van der Waals surface area contributed by atoms with E-state index >= 15 is 0 Å². The number of amides is 1. The number of aromatic nitrogens is 2. The summed E-state index contributed by atoms with van der Waals surface area (Å²) in [6.07, 6.45) is 4.55. The van der Waals surface area contributed by atoms with E-state index < -0.39 is 0 Å². The van der Waals surface area contributed by atoms with Crippen LogP contribution in [0.15, 0.2) is 83.9 Å². The summed E-state index contributed by atoms with van der Waals surface area (Å²) in [6.45, 7) is 2.52. The molecule has 8 heteroatoms. The third-order valence-corrected chi connectivity index (χ3v) is 7.75. The third-order valence-electron chi connectivity index (χ3n) is 6.37. The van der Waals surface area contributed by atoms with Crippen LogP contribution in [0.25, 0.3) is 23.0 Å². The summed E-state index contributed by atoms with van der Waals surface area (Å²) >= 11 is 6.92. The number of benzene rings is 3. The monoisotopic (exact) mass is 541 g/mol. The van der Waals surface area contributed by atoms with E-state index in [-0.39, 0.29) is 5.91 Å².